The van der Waals surface area contributed by atoms with Gasteiger partial charge in [0.25, 0.3) is 11.8 Å². The minimum atomic E-state index is -1.08. The average molecular weight is 448 g/mol. The van der Waals surface area contributed by atoms with E-state index in [9.17, 15) is 14.4 Å². The molecular weight excluding hydrogens is 414 g/mol. The van der Waals surface area contributed by atoms with Gasteiger partial charge in [-0.15, -0.1) is 0 Å². The molecule has 1 aromatic heterocycles. The number of hydrogen-bond donors (Lipinski definition) is 1. The summed E-state index contributed by atoms with van der Waals surface area (Å²) in [5, 5.41) is 7.36. The zero-order valence-electron chi connectivity index (χ0n) is 19.3. The van der Waals surface area contributed by atoms with Gasteiger partial charge in [0.15, 0.2) is 11.5 Å². The van der Waals surface area contributed by atoms with E-state index in [2.05, 4.69) is 24.3 Å². The summed E-state index contributed by atoms with van der Waals surface area (Å²) in [6.45, 7) is 8.83. The second-order valence-electron chi connectivity index (χ2n) is 9.55. The van der Waals surface area contributed by atoms with Crippen molar-refractivity contribution in [2.24, 2.45) is 5.92 Å². The van der Waals surface area contributed by atoms with Crippen molar-refractivity contribution in [3.63, 3.8) is 0 Å². The number of carbonyl (C=O) groups is 3. The van der Waals surface area contributed by atoms with Crippen molar-refractivity contribution >= 4 is 17.7 Å². The van der Waals surface area contributed by atoms with Crippen molar-refractivity contribution in [2.45, 2.75) is 57.9 Å². The third-order valence-electron chi connectivity index (χ3n) is 6.84. The molecule has 1 spiro atoms. The van der Waals surface area contributed by atoms with Crippen molar-refractivity contribution in [1.82, 2.24) is 24.9 Å². The fourth-order valence-electron chi connectivity index (χ4n) is 4.49. The van der Waals surface area contributed by atoms with E-state index < -0.39 is 11.3 Å². The van der Waals surface area contributed by atoms with Crippen LogP contribution in [0.3, 0.4) is 0 Å². The van der Waals surface area contributed by atoms with Gasteiger partial charge in [-0.25, -0.2) is 0 Å². The third kappa shape index (κ3) is 4.01. The Morgan fingerprint density at radius 2 is 1.88 bits per heavy atom. The summed E-state index contributed by atoms with van der Waals surface area (Å²) >= 11 is 0. The van der Waals surface area contributed by atoms with Gasteiger partial charge in [0.05, 0.1) is 19.8 Å². The van der Waals surface area contributed by atoms with Gasteiger partial charge in [-0.3, -0.25) is 19.1 Å². The minimum absolute atomic E-state index is 0.191. The molecule has 1 aromatic rings. The molecule has 3 amide bonds. The van der Waals surface area contributed by atoms with Crippen molar-refractivity contribution in [1.29, 1.82) is 0 Å². The number of nitrogens with one attached hydrogen (secondary N) is 1. The number of ether oxygens (including phenoxy) is 2. The molecule has 10 heteroatoms. The maximum Gasteiger partial charge on any atom is 0.274 e. The quantitative estimate of drug-likeness (QED) is 0.718. The van der Waals surface area contributed by atoms with Gasteiger partial charge >= 0.3 is 0 Å². The van der Waals surface area contributed by atoms with Crippen LogP contribution >= 0.6 is 0 Å². The van der Waals surface area contributed by atoms with Gasteiger partial charge in [0.2, 0.25) is 5.91 Å². The number of aromatic nitrogens is 2. The fourth-order valence-corrected chi connectivity index (χ4v) is 4.49. The Hall–Kier alpha value is -2.46. The first kappa shape index (κ1) is 22.7. The molecular formula is C22H33N5O5. The topological polar surface area (TPSA) is 106 Å². The van der Waals surface area contributed by atoms with Crippen LogP contribution in [0.2, 0.25) is 0 Å². The first-order chi connectivity index (χ1) is 15.2. The van der Waals surface area contributed by atoms with E-state index in [1.807, 2.05) is 0 Å². The predicted molar refractivity (Wildman–Crippen MR) is 115 cm³/mol. The molecule has 32 heavy (non-hydrogen) atoms. The Morgan fingerprint density at radius 1 is 1.22 bits per heavy atom. The van der Waals surface area contributed by atoms with E-state index in [1.165, 1.54) is 15.6 Å². The molecule has 176 valence electrons. The predicted octanol–water partition coefficient (Wildman–Crippen LogP) is 0.869. The normalized spacial score (nSPS) is 24.8. The molecule has 3 aliphatic heterocycles. The number of rotatable bonds is 5. The second-order valence-corrected chi connectivity index (χ2v) is 9.55. The van der Waals surface area contributed by atoms with E-state index in [4.69, 9.17) is 9.47 Å². The number of hydrogen-bond acceptors (Lipinski definition) is 6. The van der Waals surface area contributed by atoms with Gasteiger partial charge in [-0.05, 0) is 19.3 Å². The first-order valence-corrected chi connectivity index (χ1v) is 11.4. The van der Waals surface area contributed by atoms with Crippen LogP contribution in [-0.2, 0) is 20.8 Å². The largest absolute Gasteiger partial charge is 0.354 e. The van der Waals surface area contributed by atoms with Crippen LogP contribution in [0.15, 0.2) is 6.07 Å². The number of fused-ring (bicyclic) bond motifs is 1. The molecule has 4 heterocycles. The molecule has 0 aromatic carbocycles. The lowest BCUT2D eigenvalue weighted by Crippen LogP contribution is -2.62. The molecule has 0 bridgehead atoms. The summed E-state index contributed by atoms with van der Waals surface area (Å²) in [6.07, 6.45) is 2.09. The van der Waals surface area contributed by atoms with Crippen LogP contribution in [-0.4, -0.2) is 88.5 Å². The maximum absolute atomic E-state index is 13.1. The smallest absolute Gasteiger partial charge is 0.274 e. The van der Waals surface area contributed by atoms with E-state index in [1.54, 1.807) is 18.9 Å². The fraction of sp³-hybridized carbons (Fsp3) is 0.727. The average Bonchev–Trinajstić information content (AvgIpc) is 3.39. The number of piperidine rings is 1. The van der Waals surface area contributed by atoms with E-state index in [0.29, 0.717) is 57.3 Å². The monoisotopic (exact) mass is 447 g/mol. The summed E-state index contributed by atoms with van der Waals surface area (Å²) in [6, 6.07) is 1.53. The number of likely N-dealkylation sites (N-methyl/N-ethyl adjacent to an activating group) is 1. The summed E-state index contributed by atoms with van der Waals surface area (Å²) in [7, 11) is 1.62. The molecule has 1 atom stereocenters. The SMILES string of the molecule is CC(C)CCNC(=O)[C@]1(C)Cn2nc(C(=O)N3CCC4(CC3)OCCO4)cc2C(=O)N1C. The molecule has 0 aliphatic carbocycles. The highest BCUT2D eigenvalue weighted by Gasteiger charge is 2.47. The van der Waals surface area contributed by atoms with Crippen LogP contribution in [0.5, 0.6) is 0 Å². The first-order valence-electron chi connectivity index (χ1n) is 11.4. The van der Waals surface area contributed by atoms with Gasteiger partial charge in [0.1, 0.15) is 11.2 Å². The molecule has 0 unspecified atom stereocenters. The van der Waals surface area contributed by atoms with Crippen LogP contribution in [0.25, 0.3) is 0 Å². The Labute approximate surface area is 188 Å². The standard InChI is InChI=1S/C22H33N5O5/c1-15(2)5-8-23-20(30)21(3)14-27-17(19(29)25(21)4)13-16(24-27)18(28)26-9-6-22(7-10-26)31-11-12-32-22/h13,15H,5-12,14H2,1-4H3,(H,23,30)/t21-/m0/s1. The highest BCUT2D eigenvalue weighted by atomic mass is 16.7. The summed E-state index contributed by atoms with van der Waals surface area (Å²) < 4.78 is 12.9. The molecule has 2 saturated heterocycles. The van der Waals surface area contributed by atoms with E-state index in [-0.39, 0.29) is 30.0 Å². The Kier molecular flexibility index (Phi) is 6.02. The van der Waals surface area contributed by atoms with Crippen molar-refractivity contribution in [3.8, 4) is 0 Å². The Bertz CT molecular complexity index is 897. The Morgan fingerprint density at radius 3 is 2.50 bits per heavy atom. The van der Waals surface area contributed by atoms with Crippen molar-refractivity contribution < 1.29 is 23.9 Å². The highest BCUT2D eigenvalue weighted by molar-refractivity contribution is 6.01. The van der Waals surface area contributed by atoms with Crippen molar-refractivity contribution in [3.05, 3.63) is 17.5 Å². The molecule has 3 aliphatic rings. The van der Waals surface area contributed by atoms with Gasteiger partial charge in [-0.1, -0.05) is 13.8 Å². The lowest BCUT2D eigenvalue weighted by atomic mass is 9.95. The maximum atomic E-state index is 13.1. The lowest BCUT2D eigenvalue weighted by molar-refractivity contribution is -0.181. The van der Waals surface area contributed by atoms with E-state index in [0.717, 1.165) is 6.42 Å². The summed E-state index contributed by atoms with van der Waals surface area (Å²) in [5.41, 5.74) is -0.545. The van der Waals surface area contributed by atoms with Gasteiger partial charge < -0.3 is 24.6 Å². The molecule has 0 radical (unpaired) electrons. The Balaban J connectivity index is 1.46. The van der Waals surface area contributed by atoms with Gasteiger partial charge in [-0.2, -0.15) is 5.10 Å². The molecule has 1 N–H and O–H groups in total. The lowest BCUT2D eigenvalue weighted by Gasteiger charge is -2.40. The van der Waals surface area contributed by atoms with Crippen LogP contribution < -0.4 is 5.32 Å². The van der Waals surface area contributed by atoms with Crippen LogP contribution in [0.1, 0.15) is 61.0 Å². The molecule has 2 fully saturated rings. The third-order valence-corrected chi connectivity index (χ3v) is 6.84. The zero-order chi connectivity index (χ0) is 23.1. The number of amides is 3. The van der Waals surface area contributed by atoms with E-state index >= 15 is 0 Å². The number of nitrogens with zero attached hydrogens (tertiary/aromatic N) is 4. The molecule has 10 nitrogen and oxygen atoms in total. The number of carbonyl (C=O) groups excluding carboxylic acids is 3. The van der Waals surface area contributed by atoms with Crippen LogP contribution in [0, 0.1) is 5.92 Å². The zero-order valence-corrected chi connectivity index (χ0v) is 19.3. The minimum Gasteiger partial charge on any atom is -0.354 e. The second kappa shape index (κ2) is 8.47. The summed E-state index contributed by atoms with van der Waals surface area (Å²) in [5.74, 6) is -0.862. The van der Waals surface area contributed by atoms with Crippen molar-refractivity contribution in [2.75, 3.05) is 39.9 Å². The van der Waals surface area contributed by atoms with Crippen LogP contribution in [0.4, 0.5) is 0 Å². The molecule has 4 rings (SSSR count). The van der Waals surface area contributed by atoms with Gasteiger partial charge in [0, 0.05) is 45.6 Å². The summed E-state index contributed by atoms with van der Waals surface area (Å²) in [4.78, 5) is 42.2. The number of likely N-dealkylation sites (tertiary alicyclic amines) is 1. The molecule has 0 saturated carbocycles. The highest BCUT2D eigenvalue weighted by Crippen LogP contribution is 2.32.